The number of benzene rings is 5. The van der Waals surface area contributed by atoms with E-state index in [1.54, 1.807) is 36.4 Å². The van der Waals surface area contributed by atoms with E-state index in [9.17, 15) is 9.59 Å². The first-order valence-electron chi connectivity index (χ1n) is 14.8. The van der Waals surface area contributed by atoms with Gasteiger partial charge in [-0.15, -0.1) is 0 Å². The lowest BCUT2D eigenvalue weighted by Crippen LogP contribution is -2.41. The summed E-state index contributed by atoms with van der Waals surface area (Å²) in [5.41, 5.74) is 4.78. The zero-order valence-electron chi connectivity index (χ0n) is 24.7. The molecule has 0 N–H and O–H groups in total. The highest BCUT2D eigenvalue weighted by Crippen LogP contribution is 2.30. The maximum Gasteiger partial charge on any atom is 0.338 e. The van der Waals surface area contributed by atoms with Gasteiger partial charge in [0.25, 0.3) is 0 Å². The molecule has 6 nitrogen and oxygen atoms in total. The Balaban J connectivity index is 1.17. The first kappa shape index (κ1) is 31.6. The molecule has 1 aliphatic rings. The summed E-state index contributed by atoms with van der Waals surface area (Å²) in [5, 5.41) is 0. The zero-order chi connectivity index (χ0) is 31.9. The molecule has 0 aromatic heterocycles. The first-order valence-corrected chi connectivity index (χ1v) is 16.4. The van der Waals surface area contributed by atoms with Crippen LogP contribution in [0.1, 0.15) is 43.0 Å². The predicted molar refractivity (Wildman–Crippen MR) is 182 cm³/mol. The number of ether oxygens (including phenoxy) is 4. The van der Waals surface area contributed by atoms with Gasteiger partial charge in [-0.05, 0) is 58.7 Å². The number of fused-ring (bicyclic) bond motifs is 1. The van der Waals surface area contributed by atoms with Gasteiger partial charge in [0.1, 0.15) is 36.9 Å². The van der Waals surface area contributed by atoms with E-state index >= 15 is 0 Å². The van der Waals surface area contributed by atoms with Crippen LogP contribution in [0, 0.1) is 0 Å². The van der Waals surface area contributed by atoms with Gasteiger partial charge in [-0.3, -0.25) is 0 Å². The molecule has 6 rings (SSSR count). The highest BCUT2D eigenvalue weighted by molar-refractivity contribution is 9.10. The number of hydrogen-bond acceptors (Lipinski definition) is 6. The quantitative estimate of drug-likeness (QED) is 0.133. The molecule has 0 radical (unpaired) electrons. The molecule has 8 heteroatoms. The van der Waals surface area contributed by atoms with Crippen molar-refractivity contribution in [2.75, 3.05) is 0 Å². The molecule has 46 heavy (non-hydrogen) atoms. The van der Waals surface area contributed by atoms with Crippen LogP contribution in [0.25, 0.3) is 0 Å². The molecule has 0 spiro atoms. The molecule has 5 aromatic rings. The van der Waals surface area contributed by atoms with E-state index in [2.05, 4.69) is 31.9 Å². The number of carbonyl (C=O) groups is 2. The van der Waals surface area contributed by atoms with Crippen molar-refractivity contribution in [3.8, 4) is 11.5 Å². The average molecular weight is 742 g/mol. The normalized spacial score (nSPS) is 15.3. The van der Waals surface area contributed by atoms with E-state index in [4.69, 9.17) is 18.9 Å². The van der Waals surface area contributed by atoms with Crippen LogP contribution in [0.5, 0.6) is 11.5 Å². The Bertz CT molecular complexity index is 1690. The van der Waals surface area contributed by atoms with Crippen molar-refractivity contribution >= 4 is 43.8 Å². The van der Waals surface area contributed by atoms with E-state index in [1.807, 2.05) is 84.9 Å². The van der Waals surface area contributed by atoms with Gasteiger partial charge in [-0.2, -0.15) is 0 Å². The van der Waals surface area contributed by atoms with Crippen molar-refractivity contribution < 1.29 is 28.5 Å². The molecule has 0 heterocycles. The van der Waals surface area contributed by atoms with E-state index in [0.29, 0.717) is 57.6 Å². The summed E-state index contributed by atoms with van der Waals surface area (Å²) < 4.78 is 25.4. The van der Waals surface area contributed by atoms with Gasteiger partial charge in [0, 0.05) is 21.8 Å². The van der Waals surface area contributed by atoms with E-state index in [-0.39, 0.29) is 0 Å². The predicted octanol–water partition coefficient (Wildman–Crippen LogP) is 8.92. The molecular formula is C38H30Br2O6. The van der Waals surface area contributed by atoms with Crippen molar-refractivity contribution in [3.63, 3.8) is 0 Å². The second-order valence-corrected chi connectivity index (χ2v) is 12.8. The second kappa shape index (κ2) is 14.8. The van der Waals surface area contributed by atoms with Gasteiger partial charge in [0.05, 0.1) is 11.1 Å². The van der Waals surface area contributed by atoms with E-state index in [0.717, 1.165) is 22.3 Å². The fourth-order valence-corrected chi connectivity index (χ4v) is 6.25. The fraction of sp³-hybridized carbons (Fsp3) is 0.158. The number of hydrogen-bond donors (Lipinski definition) is 0. The lowest BCUT2D eigenvalue weighted by atomic mass is 9.87. The molecule has 232 valence electrons. The van der Waals surface area contributed by atoms with Crippen LogP contribution in [0.4, 0.5) is 0 Å². The fourth-order valence-electron chi connectivity index (χ4n) is 5.31. The van der Waals surface area contributed by atoms with Gasteiger partial charge < -0.3 is 18.9 Å². The Morgan fingerprint density at radius 2 is 0.935 bits per heavy atom. The number of rotatable bonds is 10. The Hall–Kier alpha value is -4.40. The lowest BCUT2D eigenvalue weighted by Gasteiger charge is -2.32. The van der Waals surface area contributed by atoms with Crippen LogP contribution in [0.3, 0.4) is 0 Å². The smallest absolute Gasteiger partial charge is 0.338 e. The van der Waals surface area contributed by atoms with Crippen LogP contribution in [-0.2, 0) is 35.5 Å². The van der Waals surface area contributed by atoms with E-state index < -0.39 is 24.1 Å². The van der Waals surface area contributed by atoms with Crippen LogP contribution < -0.4 is 9.47 Å². The van der Waals surface area contributed by atoms with Crippen LogP contribution >= 0.6 is 31.9 Å². The Morgan fingerprint density at radius 1 is 0.543 bits per heavy atom. The lowest BCUT2D eigenvalue weighted by molar-refractivity contribution is -0.0389. The molecule has 2 atom stereocenters. The summed E-state index contributed by atoms with van der Waals surface area (Å²) in [4.78, 5) is 27.0. The first-order chi connectivity index (χ1) is 22.4. The molecule has 0 unspecified atom stereocenters. The van der Waals surface area contributed by atoms with Crippen LogP contribution in [-0.4, -0.2) is 24.1 Å². The largest absolute Gasteiger partial charge is 0.489 e. The van der Waals surface area contributed by atoms with E-state index in [1.165, 1.54) is 0 Å². The Kier molecular flexibility index (Phi) is 10.2. The average Bonchev–Trinajstić information content (AvgIpc) is 3.07. The van der Waals surface area contributed by atoms with Crippen molar-refractivity contribution in [2.24, 2.45) is 0 Å². The second-order valence-electron chi connectivity index (χ2n) is 11.0. The number of carbonyl (C=O) groups excluding carboxylic acids is 2. The van der Waals surface area contributed by atoms with Gasteiger partial charge >= 0.3 is 11.9 Å². The third-order valence-electron chi connectivity index (χ3n) is 7.60. The summed E-state index contributed by atoms with van der Waals surface area (Å²) in [6, 6.07) is 37.8. The molecule has 0 bridgehead atoms. The highest BCUT2D eigenvalue weighted by Gasteiger charge is 2.35. The third kappa shape index (κ3) is 8.24. The molecular weight excluding hydrogens is 712 g/mol. The minimum atomic E-state index is -0.694. The number of halogens is 2. The van der Waals surface area contributed by atoms with Crippen molar-refractivity contribution in [2.45, 2.75) is 38.3 Å². The van der Waals surface area contributed by atoms with Crippen molar-refractivity contribution in [1.29, 1.82) is 0 Å². The van der Waals surface area contributed by atoms with Gasteiger partial charge in [0.2, 0.25) is 0 Å². The molecule has 0 amide bonds. The summed E-state index contributed by atoms with van der Waals surface area (Å²) in [5.74, 6) is -0.00475. The third-order valence-corrected chi connectivity index (χ3v) is 8.52. The minimum Gasteiger partial charge on any atom is -0.489 e. The summed E-state index contributed by atoms with van der Waals surface area (Å²) >= 11 is 6.98. The molecule has 5 aromatic carbocycles. The summed E-state index contributed by atoms with van der Waals surface area (Å²) in [6.45, 7) is 0.718. The maximum absolute atomic E-state index is 13.5. The van der Waals surface area contributed by atoms with Gasteiger partial charge in [-0.25, -0.2) is 9.59 Å². The number of esters is 2. The van der Waals surface area contributed by atoms with Gasteiger partial charge in [0.15, 0.2) is 0 Å². The minimum absolute atomic E-state index is 0.327. The highest BCUT2D eigenvalue weighted by atomic mass is 79.9. The molecule has 0 saturated heterocycles. The van der Waals surface area contributed by atoms with Crippen molar-refractivity contribution in [1.82, 2.24) is 0 Å². The summed E-state index contributed by atoms with van der Waals surface area (Å²) in [6.07, 6.45) is -0.565. The zero-order valence-corrected chi connectivity index (χ0v) is 27.9. The summed E-state index contributed by atoms with van der Waals surface area (Å²) in [7, 11) is 0. The monoisotopic (exact) mass is 740 g/mol. The standard InChI is InChI=1S/C38H30Br2O6/c39-31-15-29(17-33(21-31)43-23-25-9-3-1-4-10-25)37(41)45-35-19-27-13-7-8-14-28(27)20-36(35)46-38(42)30-16-32(40)22-34(18-30)44-24-26-11-5-2-6-12-26/h1-18,21-22,35-36H,19-20,23-24H2/t35-,36+. The maximum atomic E-state index is 13.5. The molecule has 0 fully saturated rings. The van der Waals surface area contributed by atoms with Crippen LogP contribution in [0.2, 0.25) is 0 Å². The Morgan fingerprint density at radius 3 is 1.35 bits per heavy atom. The van der Waals surface area contributed by atoms with Crippen LogP contribution in [0.15, 0.2) is 130 Å². The van der Waals surface area contributed by atoms with Crippen molar-refractivity contribution in [3.05, 3.63) is 164 Å². The Labute approximate surface area is 284 Å². The molecule has 1 aliphatic carbocycles. The topological polar surface area (TPSA) is 71.1 Å². The molecule has 0 aliphatic heterocycles. The SMILES string of the molecule is O=C(O[C@H]1Cc2ccccc2C[C@H]1OC(=O)c1cc(Br)cc(OCc2ccccc2)c1)c1cc(Br)cc(OCc2ccccc2)c1. The molecule has 0 saturated carbocycles. The van der Waals surface area contributed by atoms with Gasteiger partial charge in [-0.1, -0.05) is 117 Å².